The zero-order valence-corrected chi connectivity index (χ0v) is 8.96. The van der Waals surface area contributed by atoms with Crippen molar-refractivity contribution in [2.24, 2.45) is 0 Å². The molecule has 0 unspecified atom stereocenters. The highest BCUT2D eigenvalue weighted by atomic mass is 16.5. The van der Waals surface area contributed by atoms with Gasteiger partial charge in [-0.2, -0.15) is 4.79 Å². The number of hydrogen-bond acceptors (Lipinski definition) is 2. The van der Waals surface area contributed by atoms with Crippen molar-refractivity contribution >= 4 is 11.7 Å². The molecule has 16 heavy (non-hydrogen) atoms. The molecule has 1 aromatic rings. The van der Waals surface area contributed by atoms with Crippen LogP contribution in [0.3, 0.4) is 0 Å². The Morgan fingerprint density at radius 1 is 1.44 bits per heavy atom. The molecular weight excluding hydrogens is 204 g/mol. The van der Waals surface area contributed by atoms with E-state index >= 15 is 0 Å². The number of benzene rings is 1. The molecule has 0 fully saturated rings. The van der Waals surface area contributed by atoms with E-state index in [1.54, 1.807) is 6.08 Å². The molecule has 82 valence electrons. The van der Waals surface area contributed by atoms with Gasteiger partial charge in [-0.25, -0.2) is 4.79 Å². The monoisotopic (exact) mass is 216 g/mol. The minimum absolute atomic E-state index is 0.113. The molecule has 4 nitrogen and oxygen atoms in total. The third-order valence-corrected chi connectivity index (χ3v) is 1.97. The van der Waals surface area contributed by atoms with Crippen molar-refractivity contribution in [1.82, 2.24) is 0 Å². The average Bonchev–Trinajstić information content (AvgIpc) is 2.35. The van der Waals surface area contributed by atoms with Gasteiger partial charge in [-0.05, 0) is 12.0 Å². The first-order valence-corrected chi connectivity index (χ1v) is 4.78. The first-order valence-electron chi connectivity index (χ1n) is 4.78. The maximum atomic E-state index is 11.0. The molecule has 0 saturated heterocycles. The summed E-state index contributed by atoms with van der Waals surface area (Å²) in [7, 11) is 1.23. The number of carbonyl (C=O) groups is 1. The van der Waals surface area contributed by atoms with Crippen molar-refractivity contribution in [2.75, 3.05) is 7.11 Å². The lowest BCUT2D eigenvalue weighted by Gasteiger charge is -1.93. The first kappa shape index (κ1) is 11.9. The van der Waals surface area contributed by atoms with Crippen LogP contribution in [0, 0.1) is 0 Å². The fraction of sp³-hybridized carbons (Fsp3) is 0.167. The maximum absolute atomic E-state index is 11.0. The number of ether oxygens (including phenoxy) is 1. The van der Waals surface area contributed by atoms with E-state index in [-0.39, 0.29) is 5.71 Å². The minimum atomic E-state index is -0.660. The van der Waals surface area contributed by atoms with Crippen LogP contribution in [0.15, 0.2) is 42.5 Å². The number of esters is 1. The van der Waals surface area contributed by atoms with E-state index in [1.165, 1.54) is 13.2 Å². The predicted molar refractivity (Wildman–Crippen MR) is 59.9 cm³/mol. The molecule has 0 saturated carbocycles. The van der Waals surface area contributed by atoms with Crippen molar-refractivity contribution in [3.63, 3.8) is 0 Å². The van der Waals surface area contributed by atoms with E-state index < -0.39 is 5.97 Å². The predicted octanol–water partition coefficient (Wildman–Crippen LogP) is 1.63. The maximum Gasteiger partial charge on any atom is 0.421 e. The molecular formula is C12H12N2O2. The second-order valence-electron chi connectivity index (χ2n) is 3.07. The van der Waals surface area contributed by atoms with E-state index in [9.17, 15) is 4.79 Å². The molecule has 0 bridgehead atoms. The molecule has 0 radical (unpaired) electrons. The van der Waals surface area contributed by atoms with E-state index in [4.69, 9.17) is 5.53 Å². The Hall–Kier alpha value is -2.19. The third-order valence-electron chi connectivity index (χ3n) is 1.97. The first-order chi connectivity index (χ1) is 7.77. The molecule has 0 heterocycles. The van der Waals surface area contributed by atoms with Crippen molar-refractivity contribution in [2.45, 2.75) is 6.42 Å². The van der Waals surface area contributed by atoms with Crippen LogP contribution >= 0.6 is 0 Å². The summed E-state index contributed by atoms with van der Waals surface area (Å²) in [6.07, 6.45) is 3.83. The van der Waals surface area contributed by atoms with Gasteiger partial charge < -0.3 is 10.3 Å². The van der Waals surface area contributed by atoms with Crippen LogP contribution in [0.5, 0.6) is 0 Å². The fourth-order valence-corrected chi connectivity index (χ4v) is 1.17. The van der Waals surface area contributed by atoms with Crippen LogP contribution in [0.1, 0.15) is 5.56 Å². The average molecular weight is 216 g/mol. The topological polar surface area (TPSA) is 62.7 Å². The van der Waals surface area contributed by atoms with E-state index in [1.807, 2.05) is 30.3 Å². The zero-order valence-electron chi connectivity index (χ0n) is 8.96. The summed E-state index contributed by atoms with van der Waals surface area (Å²) in [6.45, 7) is 0. The van der Waals surface area contributed by atoms with Gasteiger partial charge in [0.15, 0.2) is 0 Å². The Kier molecular flexibility index (Phi) is 4.70. The molecule has 0 aliphatic heterocycles. The number of allylic oxidation sites excluding steroid dienone is 1. The van der Waals surface area contributed by atoms with Gasteiger partial charge in [-0.15, -0.1) is 0 Å². The second kappa shape index (κ2) is 6.32. The van der Waals surface area contributed by atoms with Gasteiger partial charge in [0.25, 0.3) is 0 Å². The van der Waals surface area contributed by atoms with Crippen LogP contribution in [0.2, 0.25) is 0 Å². The van der Waals surface area contributed by atoms with Gasteiger partial charge in [-0.1, -0.05) is 36.4 Å². The Bertz CT molecular complexity index is 432. The number of hydrogen-bond donors (Lipinski definition) is 0. The van der Waals surface area contributed by atoms with Gasteiger partial charge in [0, 0.05) is 6.08 Å². The van der Waals surface area contributed by atoms with E-state index in [2.05, 4.69) is 9.53 Å². The Balaban J connectivity index is 2.61. The van der Waals surface area contributed by atoms with Gasteiger partial charge in [-0.3, -0.25) is 0 Å². The lowest BCUT2D eigenvalue weighted by atomic mass is 10.1. The quantitative estimate of drug-likeness (QED) is 0.332. The largest absolute Gasteiger partial charge is 0.460 e. The van der Waals surface area contributed by atoms with Crippen LogP contribution in [0.4, 0.5) is 0 Å². The van der Waals surface area contributed by atoms with Crippen molar-refractivity contribution < 1.29 is 14.3 Å². The highest BCUT2D eigenvalue weighted by Gasteiger charge is 2.15. The Morgan fingerprint density at radius 3 is 2.69 bits per heavy atom. The standard InChI is InChI=1S/C12H12N2O2/c1-16-12(15)11(14-13)9-5-8-10-6-3-2-4-7-10/h2-7,9H,8H2,1H3/b9-5+. The summed E-state index contributed by atoms with van der Waals surface area (Å²) >= 11 is 0. The lowest BCUT2D eigenvalue weighted by Crippen LogP contribution is -2.14. The lowest BCUT2D eigenvalue weighted by molar-refractivity contribution is -0.137. The summed E-state index contributed by atoms with van der Waals surface area (Å²) < 4.78 is 4.43. The van der Waals surface area contributed by atoms with Crippen molar-refractivity contribution in [3.8, 4) is 0 Å². The molecule has 0 aliphatic carbocycles. The Labute approximate surface area is 93.8 Å². The van der Waals surface area contributed by atoms with Crippen molar-refractivity contribution in [3.05, 3.63) is 53.6 Å². The van der Waals surface area contributed by atoms with Gasteiger partial charge in [0.05, 0.1) is 7.11 Å². The van der Waals surface area contributed by atoms with Crippen molar-refractivity contribution in [1.29, 1.82) is 0 Å². The number of methoxy groups -OCH3 is 1. The highest BCUT2D eigenvalue weighted by Crippen LogP contribution is 2.00. The van der Waals surface area contributed by atoms with Crippen LogP contribution in [0.25, 0.3) is 5.53 Å². The number of carbonyl (C=O) groups excluding carboxylic acids is 1. The fourth-order valence-electron chi connectivity index (χ4n) is 1.17. The summed E-state index contributed by atoms with van der Waals surface area (Å²) in [6, 6.07) is 9.74. The number of nitrogens with zero attached hydrogens (tertiary/aromatic N) is 2. The molecule has 1 aromatic carbocycles. The minimum Gasteiger partial charge on any atom is -0.460 e. The van der Waals surface area contributed by atoms with Gasteiger partial charge in [0.2, 0.25) is 0 Å². The third kappa shape index (κ3) is 3.52. The number of rotatable bonds is 4. The molecule has 1 rings (SSSR count). The normalized spacial score (nSPS) is 9.81. The molecule has 0 aliphatic rings. The molecule has 0 spiro atoms. The SMILES string of the molecule is COC(=O)C(/C=C/Cc1ccccc1)=[N+]=[N-]. The summed E-state index contributed by atoms with van der Waals surface area (Å²) in [4.78, 5) is 13.9. The smallest absolute Gasteiger partial charge is 0.421 e. The molecule has 0 amide bonds. The van der Waals surface area contributed by atoms with Gasteiger partial charge in [0.1, 0.15) is 0 Å². The van der Waals surface area contributed by atoms with Crippen LogP contribution in [-0.2, 0) is 16.0 Å². The summed E-state index contributed by atoms with van der Waals surface area (Å²) in [5.41, 5.74) is 9.56. The van der Waals surface area contributed by atoms with E-state index in [0.717, 1.165) is 5.56 Å². The Morgan fingerprint density at radius 2 is 2.12 bits per heavy atom. The van der Waals surface area contributed by atoms with E-state index in [0.29, 0.717) is 6.42 Å². The molecule has 0 aromatic heterocycles. The highest BCUT2D eigenvalue weighted by molar-refractivity contribution is 6.38. The summed E-state index contributed by atoms with van der Waals surface area (Å²) in [5, 5.41) is 0. The van der Waals surface area contributed by atoms with Crippen LogP contribution < -0.4 is 0 Å². The second-order valence-corrected chi connectivity index (χ2v) is 3.07. The van der Waals surface area contributed by atoms with Crippen LogP contribution in [-0.4, -0.2) is 23.6 Å². The molecule has 0 N–H and O–H groups in total. The van der Waals surface area contributed by atoms with Gasteiger partial charge >= 0.3 is 11.7 Å². The molecule has 0 atom stereocenters. The molecule has 4 heteroatoms. The zero-order chi connectivity index (χ0) is 11.8. The summed E-state index contributed by atoms with van der Waals surface area (Å²) in [5.74, 6) is -0.660.